The molecule has 0 aliphatic rings. The molecule has 0 atom stereocenters. The lowest BCUT2D eigenvalue weighted by atomic mass is 10.3. The molecule has 0 saturated heterocycles. The highest BCUT2D eigenvalue weighted by molar-refractivity contribution is 9.10. The molecule has 0 aliphatic carbocycles. The summed E-state index contributed by atoms with van der Waals surface area (Å²) in [5, 5.41) is 17.2. The van der Waals surface area contributed by atoms with E-state index in [2.05, 4.69) is 20.9 Å². The molecule has 0 unspecified atom stereocenters. The number of rotatable bonds is 0. The zero-order chi connectivity index (χ0) is 12.1. The fourth-order valence-electron chi connectivity index (χ4n) is 0.558. The average molecular weight is 287 g/mol. The highest BCUT2D eigenvalue weighted by Gasteiger charge is 2.20. The summed E-state index contributed by atoms with van der Waals surface area (Å²) in [5.41, 5.74) is 0.407. The maximum Gasteiger partial charge on any atom is 0.673 e. The van der Waals surface area contributed by atoms with Gasteiger partial charge in [0.1, 0.15) is 5.75 Å². The third-order valence-corrected chi connectivity index (χ3v) is 1.68. The second kappa shape index (κ2) is 5.55. The van der Waals surface area contributed by atoms with E-state index in [1.807, 2.05) is 0 Å². The number of benzene rings is 1. The number of diazo groups is 1. The van der Waals surface area contributed by atoms with Gasteiger partial charge in [0, 0.05) is 6.07 Å². The molecular formula is C6H4BBrF4N2O. The van der Waals surface area contributed by atoms with E-state index >= 15 is 0 Å². The van der Waals surface area contributed by atoms with Gasteiger partial charge in [-0.2, -0.15) is 0 Å². The van der Waals surface area contributed by atoms with Crippen LogP contribution in [0.25, 0.3) is 4.98 Å². The SMILES string of the molecule is F[B-](F)(F)F.N#[N+]c1ccc(O)c(Br)c1. The predicted molar refractivity (Wildman–Crippen MR) is 50.7 cm³/mol. The van der Waals surface area contributed by atoms with Crippen LogP contribution in [0.15, 0.2) is 22.7 Å². The van der Waals surface area contributed by atoms with Crippen LogP contribution in [0.4, 0.5) is 23.0 Å². The Labute approximate surface area is 90.6 Å². The van der Waals surface area contributed by atoms with Crippen LogP contribution < -0.4 is 0 Å². The van der Waals surface area contributed by atoms with Crippen molar-refractivity contribution >= 4 is 28.9 Å². The second-order valence-electron chi connectivity index (χ2n) is 2.23. The smallest absolute Gasteiger partial charge is 0.507 e. The summed E-state index contributed by atoms with van der Waals surface area (Å²) in [4.78, 5) is 2.93. The first-order valence-electron chi connectivity index (χ1n) is 3.45. The van der Waals surface area contributed by atoms with E-state index in [0.717, 1.165) is 0 Å². The molecule has 0 saturated carbocycles. The summed E-state index contributed by atoms with van der Waals surface area (Å²) in [6.45, 7) is 0. The Kier molecular flexibility index (Phi) is 5.07. The average Bonchev–Trinajstić information content (AvgIpc) is 2.07. The first-order valence-corrected chi connectivity index (χ1v) is 4.24. The first-order chi connectivity index (χ1) is 6.74. The largest absolute Gasteiger partial charge is 0.673 e. The van der Waals surface area contributed by atoms with E-state index in [1.54, 1.807) is 0 Å². The van der Waals surface area contributed by atoms with E-state index in [9.17, 15) is 17.3 Å². The Hall–Kier alpha value is -1.30. The summed E-state index contributed by atoms with van der Waals surface area (Å²) in [5.74, 6) is 0.132. The van der Waals surface area contributed by atoms with Gasteiger partial charge in [0.25, 0.3) is 0 Å². The fourth-order valence-corrected chi connectivity index (χ4v) is 0.925. The molecule has 0 amide bonds. The standard InChI is InChI=1S/C6H3BrN2O.BF4/c7-5-3-4(9-8)1-2-6(5)10;2-1(3,4)5/h1-3H;/q;-1/p+1. The van der Waals surface area contributed by atoms with Crippen molar-refractivity contribution < 1.29 is 22.4 Å². The van der Waals surface area contributed by atoms with Gasteiger partial charge >= 0.3 is 12.9 Å². The minimum Gasteiger partial charge on any atom is -0.507 e. The molecule has 0 bridgehead atoms. The van der Waals surface area contributed by atoms with Gasteiger partial charge < -0.3 is 22.4 Å². The van der Waals surface area contributed by atoms with Crippen molar-refractivity contribution in [1.82, 2.24) is 0 Å². The van der Waals surface area contributed by atoms with Gasteiger partial charge in [-0.3, -0.25) is 0 Å². The molecule has 0 aliphatic heterocycles. The number of hydrogen-bond donors (Lipinski definition) is 1. The predicted octanol–water partition coefficient (Wildman–Crippen LogP) is 3.94. The van der Waals surface area contributed by atoms with Crippen LogP contribution in [0.1, 0.15) is 0 Å². The Morgan fingerprint density at radius 2 is 1.73 bits per heavy atom. The van der Waals surface area contributed by atoms with Crippen molar-refractivity contribution in [2.45, 2.75) is 0 Å². The third-order valence-electron chi connectivity index (χ3n) is 1.05. The Balaban J connectivity index is 0.000000336. The molecule has 0 radical (unpaired) electrons. The zero-order valence-electron chi connectivity index (χ0n) is 7.04. The van der Waals surface area contributed by atoms with Crippen LogP contribution in [0, 0.1) is 5.39 Å². The lowest BCUT2D eigenvalue weighted by Gasteiger charge is -1.94. The summed E-state index contributed by atoms with van der Waals surface area (Å²) < 4.78 is 39.5. The second-order valence-corrected chi connectivity index (χ2v) is 3.08. The van der Waals surface area contributed by atoms with E-state index in [-0.39, 0.29) is 5.75 Å². The van der Waals surface area contributed by atoms with Gasteiger partial charge in [0.15, 0.2) is 4.98 Å². The van der Waals surface area contributed by atoms with Crippen LogP contribution in [0.3, 0.4) is 0 Å². The Morgan fingerprint density at radius 1 is 1.27 bits per heavy atom. The summed E-state index contributed by atoms with van der Waals surface area (Å²) >= 11 is 3.07. The number of phenols is 1. The molecule has 0 aromatic heterocycles. The minimum atomic E-state index is -6.00. The van der Waals surface area contributed by atoms with Crippen molar-refractivity contribution in [3.63, 3.8) is 0 Å². The quantitative estimate of drug-likeness (QED) is 0.446. The molecule has 15 heavy (non-hydrogen) atoms. The maximum absolute atomic E-state index is 9.75. The molecule has 1 rings (SSSR count). The van der Waals surface area contributed by atoms with Gasteiger partial charge in [-0.25, -0.2) is 0 Å². The molecule has 9 heteroatoms. The topological polar surface area (TPSA) is 48.4 Å². The molecule has 82 valence electrons. The van der Waals surface area contributed by atoms with Crippen molar-refractivity contribution in [3.8, 4) is 5.75 Å². The molecule has 1 N–H and O–H groups in total. The van der Waals surface area contributed by atoms with Crippen LogP contribution >= 0.6 is 15.9 Å². The lowest BCUT2D eigenvalue weighted by molar-refractivity contribution is 0.368. The van der Waals surface area contributed by atoms with Crippen LogP contribution in [0.5, 0.6) is 5.75 Å². The fraction of sp³-hybridized carbons (Fsp3) is 0. The number of halogens is 5. The van der Waals surface area contributed by atoms with Gasteiger partial charge in [-0.1, -0.05) is 0 Å². The molecule has 0 heterocycles. The van der Waals surface area contributed by atoms with Gasteiger partial charge in [0.05, 0.1) is 10.5 Å². The van der Waals surface area contributed by atoms with Gasteiger partial charge in [-0.05, 0) is 22.0 Å². The van der Waals surface area contributed by atoms with Crippen LogP contribution in [0.2, 0.25) is 0 Å². The number of phenolic OH excluding ortho intramolecular Hbond substituents is 1. The van der Waals surface area contributed by atoms with Gasteiger partial charge in [0.2, 0.25) is 5.39 Å². The molecular weight excluding hydrogens is 283 g/mol. The summed E-state index contributed by atoms with van der Waals surface area (Å²) in [7, 11) is -6.00. The molecule has 1 aromatic carbocycles. The number of aromatic hydroxyl groups is 1. The molecule has 0 fully saturated rings. The van der Waals surface area contributed by atoms with Gasteiger partial charge in [-0.15, -0.1) is 0 Å². The Bertz CT molecular complexity index is 372. The highest BCUT2D eigenvalue weighted by Crippen LogP contribution is 2.27. The number of nitrogens with zero attached hydrogens (tertiary/aromatic N) is 2. The lowest BCUT2D eigenvalue weighted by Crippen LogP contribution is -2.02. The number of hydrogen-bond acceptors (Lipinski definition) is 2. The van der Waals surface area contributed by atoms with Crippen LogP contribution in [-0.4, -0.2) is 12.4 Å². The monoisotopic (exact) mass is 286 g/mol. The van der Waals surface area contributed by atoms with Crippen molar-refractivity contribution in [1.29, 1.82) is 5.39 Å². The maximum atomic E-state index is 9.75. The van der Waals surface area contributed by atoms with Crippen molar-refractivity contribution in [2.75, 3.05) is 0 Å². The molecule has 0 spiro atoms. The summed E-state index contributed by atoms with van der Waals surface area (Å²) in [6.07, 6.45) is 0. The normalized spacial score (nSPS) is 9.87. The molecule has 1 aromatic rings. The zero-order valence-corrected chi connectivity index (χ0v) is 8.63. The molecule has 3 nitrogen and oxygen atoms in total. The first kappa shape index (κ1) is 13.7. The van der Waals surface area contributed by atoms with E-state index < -0.39 is 7.25 Å². The van der Waals surface area contributed by atoms with Crippen molar-refractivity contribution in [2.24, 2.45) is 0 Å². The highest BCUT2D eigenvalue weighted by atomic mass is 79.9. The summed E-state index contributed by atoms with van der Waals surface area (Å²) in [6, 6.07) is 4.45. The minimum absolute atomic E-state index is 0.132. The van der Waals surface area contributed by atoms with Crippen molar-refractivity contribution in [3.05, 3.63) is 27.6 Å². The van der Waals surface area contributed by atoms with E-state index in [0.29, 0.717) is 10.2 Å². The Morgan fingerprint density at radius 3 is 2.07 bits per heavy atom. The van der Waals surface area contributed by atoms with Crippen LogP contribution in [-0.2, 0) is 0 Å². The van der Waals surface area contributed by atoms with E-state index in [4.69, 9.17) is 10.5 Å². The van der Waals surface area contributed by atoms with E-state index in [1.165, 1.54) is 18.2 Å². The third kappa shape index (κ3) is 7.75.